The summed E-state index contributed by atoms with van der Waals surface area (Å²) in [6.07, 6.45) is 6.36. The lowest BCUT2D eigenvalue weighted by atomic mass is 9.51. The highest BCUT2D eigenvalue weighted by atomic mass is 16.7. The molecule has 0 radical (unpaired) electrons. The van der Waals surface area contributed by atoms with Gasteiger partial charge in [0.2, 0.25) is 0 Å². The number of esters is 1. The zero-order valence-electron chi connectivity index (χ0n) is 19.9. The number of hydroxylamine groups is 4. The molecule has 32 heavy (non-hydrogen) atoms. The van der Waals surface area contributed by atoms with E-state index in [1.165, 1.54) is 17.2 Å². The molecule has 0 N–H and O–H groups in total. The SMILES string of the molecule is COC(=O)[C@@]1(C)CCC[C@]2(C)c3cc(C(=O)ON(C)C)c(C(=O)ON(C)C)cc3C=CC12. The molecule has 2 aliphatic carbocycles. The number of allylic oxidation sites excluding steroid dienone is 1. The molecule has 1 unspecified atom stereocenters. The van der Waals surface area contributed by atoms with Crippen LogP contribution in [0.4, 0.5) is 0 Å². The lowest BCUT2D eigenvalue weighted by Crippen LogP contribution is -2.51. The van der Waals surface area contributed by atoms with Gasteiger partial charge >= 0.3 is 17.9 Å². The van der Waals surface area contributed by atoms with Gasteiger partial charge in [0.05, 0.1) is 23.7 Å². The van der Waals surface area contributed by atoms with E-state index in [-0.39, 0.29) is 23.0 Å². The Bertz CT molecular complexity index is 969. The third-order valence-electron chi connectivity index (χ3n) is 6.66. The van der Waals surface area contributed by atoms with Crippen LogP contribution in [0.2, 0.25) is 0 Å². The molecule has 0 amide bonds. The van der Waals surface area contributed by atoms with Crippen molar-refractivity contribution in [3.63, 3.8) is 0 Å². The predicted octanol–water partition coefficient (Wildman–Crippen LogP) is 3.22. The van der Waals surface area contributed by atoms with Crippen LogP contribution >= 0.6 is 0 Å². The fourth-order valence-corrected chi connectivity index (χ4v) is 5.24. The molecule has 1 saturated carbocycles. The topological polar surface area (TPSA) is 85.4 Å². The zero-order valence-corrected chi connectivity index (χ0v) is 19.9. The molecule has 0 heterocycles. The van der Waals surface area contributed by atoms with Gasteiger partial charge in [-0.05, 0) is 43.0 Å². The van der Waals surface area contributed by atoms with E-state index < -0.39 is 22.8 Å². The lowest BCUT2D eigenvalue weighted by molar-refractivity contribution is -0.158. The molecule has 0 aliphatic heterocycles. The Kier molecular flexibility index (Phi) is 6.49. The van der Waals surface area contributed by atoms with E-state index in [0.717, 1.165) is 30.4 Å². The number of rotatable bonds is 5. The number of benzene rings is 1. The Morgan fingerprint density at radius 1 is 0.938 bits per heavy atom. The maximum Gasteiger partial charge on any atom is 0.357 e. The second-order valence-electron chi connectivity index (χ2n) is 9.38. The Morgan fingerprint density at radius 3 is 2.03 bits per heavy atom. The zero-order chi connectivity index (χ0) is 23.8. The molecule has 1 aromatic rings. The van der Waals surface area contributed by atoms with Gasteiger partial charge in [-0.15, -0.1) is 10.1 Å². The minimum Gasteiger partial charge on any atom is -0.469 e. The quantitative estimate of drug-likeness (QED) is 0.506. The first-order valence-electron chi connectivity index (χ1n) is 10.7. The highest BCUT2D eigenvalue weighted by Crippen LogP contribution is 2.56. The van der Waals surface area contributed by atoms with Gasteiger partial charge in [0, 0.05) is 39.5 Å². The average Bonchev–Trinajstić information content (AvgIpc) is 2.71. The molecule has 8 heteroatoms. The monoisotopic (exact) mass is 444 g/mol. The van der Waals surface area contributed by atoms with Crippen molar-refractivity contribution in [1.82, 2.24) is 10.1 Å². The molecular weight excluding hydrogens is 412 g/mol. The standard InChI is InChI=1S/C24H32N2O6/c1-23-11-8-12-24(2,22(29)30-7)19(23)10-9-15-13-16(20(27)31-25(3)4)17(14-18(15)23)21(28)32-26(5)6/h9-10,13-14,19H,8,11-12H2,1-7H3/t19?,23-,24+/m1/s1. The van der Waals surface area contributed by atoms with Gasteiger partial charge in [-0.25, -0.2) is 9.59 Å². The summed E-state index contributed by atoms with van der Waals surface area (Å²) in [6.45, 7) is 4.06. The van der Waals surface area contributed by atoms with Crippen molar-refractivity contribution in [2.24, 2.45) is 11.3 Å². The molecule has 174 valence electrons. The van der Waals surface area contributed by atoms with Gasteiger partial charge < -0.3 is 14.4 Å². The highest BCUT2D eigenvalue weighted by Gasteiger charge is 2.54. The number of fused-ring (bicyclic) bond motifs is 3. The molecule has 3 rings (SSSR count). The van der Waals surface area contributed by atoms with E-state index in [9.17, 15) is 14.4 Å². The van der Waals surface area contributed by atoms with Crippen molar-refractivity contribution in [2.75, 3.05) is 35.3 Å². The van der Waals surface area contributed by atoms with Gasteiger partial charge in [0.15, 0.2) is 0 Å². The smallest absolute Gasteiger partial charge is 0.357 e. The summed E-state index contributed by atoms with van der Waals surface area (Å²) in [6, 6.07) is 3.41. The maximum absolute atomic E-state index is 12.9. The van der Waals surface area contributed by atoms with E-state index in [2.05, 4.69) is 6.92 Å². The van der Waals surface area contributed by atoms with Gasteiger partial charge in [0.1, 0.15) is 0 Å². The molecule has 0 spiro atoms. The van der Waals surface area contributed by atoms with Crippen LogP contribution in [-0.2, 0) is 24.6 Å². The Hall–Kier alpha value is -2.71. The number of methoxy groups -OCH3 is 1. The van der Waals surface area contributed by atoms with Gasteiger partial charge in [-0.3, -0.25) is 4.79 Å². The van der Waals surface area contributed by atoms with Crippen molar-refractivity contribution in [1.29, 1.82) is 0 Å². The largest absolute Gasteiger partial charge is 0.469 e. The molecule has 0 bridgehead atoms. The summed E-state index contributed by atoms with van der Waals surface area (Å²) >= 11 is 0. The Morgan fingerprint density at radius 2 is 1.50 bits per heavy atom. The molecule has 0 saturated heterocycles. The molecule has 2 aliphatic rings. The summed E-state index contributed by atoms with van der Waals surface area (Å²) in [5, 5.41) is 2.56. The van der Waals surface area contributed by atoms with Crippen molar-refractivity contribution >= 4 is 24.0 Å². The van der Waals surface area contributed by atoms with Crippen LogP contribution in [0.25, 0.3) is 6.08 Å². The maximum atomic E-state index is 12.9. The number of hydrogen-bond donors (Lipinski definition) is 0. The first kappa shape index (κ1) is 23.9. The predicted molar refractivity (Wildman–Crippen MR) is 118 cm³/mol. The first-order valence-corrected chi connectivity index (χ1v) is 10.7. The summed E-state index contributed by atoms with van der Waals surface area (Å²) < 4.78 is 5.15. The van der Waals surface area contributed by atoms with E-state index in [4.69, 9.17) is 14.4 Å². The van der Waals surface area contributed by atoms with E-state index in [1.54, 1.807) is 40.3 Å². The second kappa shape index (κ2) is 8.67. The lowest BCUT2D eigenvalue weighted by Gasteiger charge is -2.51. The third-order valence-corrected chi connectivity index (χ3v) is 6.66. The van der Waals surface area contributed by atoms with Crippen molar-refractivity contribution < 1.29 is 28.8 Å². The van der Waals surface area contributed by atoms with Crippen molar-refractivity contribution in [3.05, 3.63) is 40.5 Å². The van der Waals surface area contributed by atoms with Gasteiger partial charge in [-0.2, -0.15) is 0 Å². The highest BCUT2D eigenvalue weighted by molar-refractivity contribution is 6.04. The molecular formula is C24H32N2O6. The van der Waals surface area contributed by atoms with Gasteiger partial charge in [0.25, 0.3) is 0 Å². The van der Waals surface area contributed by atoms with Crippen LogP contribution in [0.3, 0.4) is 0 Å². The number of carbonyl (C=O) groups is 3. The minimum atomic E-state index is -0.678. The number of nitrogens with zero attached hydrogens (tertiary/aromatic N) is 2. The van der Waals surface area contributed by atoms with Crippen LogP contribution in [-0.4, -0.2) is 63.3 Å². The summed E-state index contributed by atoms with van der Waals surface area (Å²) in [5.41, 5.74) is 0.898. The van der Waals surface area contributed by atoms with E-state index in [1.807, 2.05) is 19.1 Å². The van der Waals surface area contributed by atoms with E-state index >= 15 is 0 Å². The van der Waals surface area contributed by atoms with Crippen LogP contribution < -0.4 is 0 Å². The number of carbonyl (C=O) groups excluding carboxylic acids is 3. The fraction of sp³-hybridized carbons (Fsp3) is 0.542. The van der Waals surface area contributed by atoms with Crippen molar-refractivity contribution in [3.8, 4) is 0 Å². The first-order chi connectivity index (χ1) is 14.9. The van der Waals surface area contributed by atoms with Crippen molar-refractivity contribution in [2.45, 2.75) is 38.5 Å². The molecule has 8 nitrogen and oxygen atoms in total. The summed E-state index contributed by atoms with van der Waals surface area (Å²) in [7, 11) is 7.79. The van der Waals surface area contributed by atoms with Crippen LogP contribution in [0, 0.1) is 11.3 Å². The van der Waals surface area contributed by atoms with Crippen LogP contribution in [0.5, 0.6) is 0 Å². The van der Waals surface area contributed by atoms with Gasteiger partial charge in [-0.1, -0.05) is 25.5 Å². The average molecular weight is 445 g/mol. The summed E-state index contributed by atoms with van der Waals surface area (Å²) in [4.78, 5) is 48.9. The minimum absolute atomic E-state index is 0.110. The normalized spacial score (nSPS) is 26.3. The summed E-state index contributed by atoms with van der Waals surface area (Å²) in [5.74, 6) is -1.64. The molecule has 3 atom stereocenters. The third kappa shape index (κ3) is 4.04. The Balaban J connectivity index is 2.18. The Labute approximate surface area is 189 Å². The van der Waals surface area contributed by atoms with Crippen LogP contribution in [0.1, 0.15) is 65.0 Å². The van der Waals surface area contributed by atoms with E-state index in [0.29, 0.717) is 0 Å². The molecule has 1 fully saturated rings. The fourth-order valence-electron chi connectivity index (χ4n) is 5.24. The molecule has 0 aromatic heterocycles. The van der Waals surface area contributed by atoms with Crippen LogP contribution in [0.15, 0.2) is 18.2 Å². The second-order valence-corrected chi connectivity index (χ2v) is 9.38. The number of ether oxygens (including phenoxy) is 1. The number of hydrogen-bond acceptors (Lipinski definition) is 8. The molecule has 1 aromatic carbocycles.